The van der Waals surface area contributed by atoms with Gasteiger partial charge in [-0.25, -0.2) is 13.4 Å². The van der Waals surface area contributed by atoms with E-state index in [4.69, 9.17) is 0 Å². The highest BCUT2D eigenvalue weighted by atomic mass is 32.2. The van der Waals surface area contributed by atoms with Crippen molar-refractivity contribution in [3.8, 4) is 0 Å². The minimum atomic E-state index is -3.77. The van der Waals surface area contributed by atoms with E-state index in [2.05, 4.69) is 24.9 Å². The summed E-state index contributed by atoms with van der Waals surface area (Å²) in [6.07, 6.45) is 2.57. The number of aromatic amines is 1. The summed E-state index contributed by atoms with van der Waals surface area (Å²) < 4.78 is 29.5. The van der Waals surface area contributed by atoms with E-state index >= 15 is 0 Å². The third-order valence-electron chi connectivity index (χ3n) is 3.55. The molecule has 0 aliphatic carbocycles. The third-order valence-corrected chi connectivity index (χ3v) is 4.90. The lowest BCUT2D eigenvalue weighted by molar-refractivity contribution is 0.559. The predicted octanol–water partition coefficient (Wildman–Crippen LogP) is 0.915. The zero-order valence-electron chi connectivity index (χ0n) is 12.6. The molecule has 120 valence electrons. The summed E-state index contributed by atoms with van der Waals surface area (Å²) in [7, 11) is -1.97. The molecule has 1 aromatic carbocycles. The highest BCUT2D eigenvalue weighted by molar-refractivity contribution is 7.89. The van der Waals surface area contributed by atoms with Crippen LogP contribution in [0.1, 0.15) is 23.3 Å². The molecule has 9 heteroatoms. The van der Waals surface area contributed by atoms with Gasteiger partial charge in [0.1, 0.15) is 11.9 Å². The van der Waals surface area contributed by atoms with Gasteiger partial charge in [-0.1, -0.05) is 30.3 Å². The standard InChI is InChI=1S/C14H16N6O2S/c1-10-17-18-14(20(10)2)13(11-6-4-3-5-7-11)19-23(21,22)12-8-15-9-16-12/h3-9,13,19H,1-2H3,(H,15,16)/t13-/m1/s1. The molecule has 2 N–H and O–H groups in total. The van der Waals surface area contributed by atoms with Gasteiger partial charge in [0, 0.05) is 7.05 Å². The second-order valence-corrected chi connectivity index (χ2v) is 6.73. The van der Waals surface area contributed by atoms with Gasteiger partial charge in [0.05, 0.1) is 12.5 Å². The maximum atomic E-state index is 12.5. The third kappa shape index (κ3) is 3.01. The van der Waals surface area contributed by atoms with E-state index in [1.54, 1.807) is 11.6 Å². The Hall–Kier alpha value is -2.52. The molecule has 0 bridgehead atoms. The Labute approximate surface area is 133 Å². The molecule has 0 amide bonds. The molecular weight excluding hydrogens is 316 g/mol. The first-order valence-electron chi connectivity index (χ1n) is 6.90. The Morgan fingerprint density at radius 1 is 1.22 bits per heavy atom. The second kappa shape index (κ2) is 5.94. The number of hydrogen-bond acceptors (Lipinski definition) is 5. The van der Waals surface area contributed by atoms with Crippen LogP contribution >= 0.6 is 0 Å². The molecule has 0 unspecified atom stereocenters. The Balaban J connectivity index is 2.05. The molecule has 0 radical (unpaired) electrons. The number of nitrogens with one attached hydrogen (secondary N) is 2. The molecule has 23 heavy (non-hydrogen) atoms. The summed E-state index contributed by atoms with van der Waals surface area (Å²) in [5.41, 5.74) is 0.770. The van der Waals surface area contributed by atoms with Crippen LogP contribution in [0.2, 0.25) is 0 Å². The van der Waals surface area contributed by atoms with Crippen LogP contribution in [0.3, 0.4) is 0 Å². The molecule has 3 rings (SSSR count). The number of nitrogens with zero attached hydrogens (tertiary/aromatic N) is 4. The maximum Gasteiger partial charge on any atom is 0.258 e. The molecule has 3 aromatic rings. The Morgan fingerprint density at radius 3 is 2.52 bits per heavy atom. The summed E-state index contributed by atoms with van der Waals surface area (Å²) in [5, 5.41) is 8.13. The molecule has 0 aliphatic heterocycles. The normalized spacial score (nSPS) is 13.1. The predicted molar refractivity (Wildman–Crippen MR) is 82.9 cm³/mol. The van der Waals surface area contributed by atoms with Crippen molar-refractivity contribution in [2.45, 2.75) is 18.0 Å². The number of imidazole rings is 1. The Kier molecular flexibility index (Phi) is 3.97. The summed E-state index contributed by atoms with van der Waals surface area (Å²) in [5.74, 6) is 1.21. The van der Waals surface area contributed by atoms with Gasteiger partial charge in [0.25, 0.3) is 10.0 Å². The smallest absolute Gasteiger partial charge is 0.258 e. The van der Waals surface area contributed by atoms with Crippen molar-refractivity contribution in [1.29, 1.82) is 0 Å². The van der Waals surface area contributed by atoms with Crippen LogP contribution < -0.4 is 4.72 Å². The lowest BCUT2D eigenvalue weighted by Gasteiger charge is -2.18. The molecule has 0 spiro atoms. The molecule has 1 atom stereocenters. The number of aryl methyl sites for hydroxylation is 1. The van der Waals surface area contributed by atoms with Crippen LogP contribution in [0.4, 0.5) is 0 Å². The first kappa shape index (κ1) is 15.4. The molecule has 0 saturated heterocycles. The number of aromatic nitrogens is 5. The van der Waals surface area contributed by atoms with E-state index in [0.29, 0.717) is 11.6 Å². The van der Waals surface area contributed by atoms with Gasteiger partial charge in [-0.05, 0) is 12.5 Å². The average molecular weight is 332 g/mol. The van der Waals surface area contributed by atoms with Crippen molar-refractivity contribution in [2.75, 3.05) is 0 Å². The van der Waals surface area contributed by atoms with Gasteiger partial charge in [-0.15, -0.1) is 10.2 Å². The van der Waals surface area contributed by atoms with E-state index in [1.807, 2.05) is 37.3 Å². The fraction of sp³-hybridized carbons (Fsp3) is 0.214. The van der Waals surface area contributed by atoms with Crippen LogP contribution in [0.5, 0.6) is 0 Å². The van der Waals surface area contributed by atoms with Crippen molar-refractivity contribution < 1.29 is 8.42 Å². The van der Waals surface area contributed by atoms with Crippen LogP contribution in [0.15, 0.2) is 47.9 Å². The average Bonchev–Trinajstić information content (AvgIpc) is 3.19. The van der Waals surface area contributed by atoms with Crippen molar-refractivity contribution in [2.24, 2.45) is 7.05 Å². The monoisotopic (exact) mass is 332 g/mol. The van der Waals surface area contributed by atoms with E-state index < -0.39 is 16.1 Å². The van der Waals surface area contributed by atoms with E-state index in [-0.39, 0.29) is 5.03 Å². The van der Waals surface area contributed by atoms with Gasteiger partial charge in [0.15, 0.2) is 10.9 Å². The van der Waals surface area contributed by atoms with Gasteiger partial charge in [-0.2, -0.15) is 4.72 Å². The Bertz CT molecular complexity index is 887. The number of benzene rings is 1. The van der Waals surface area contributed by atoms with Gasteiger partial charge < -0.3 is 9.55 Å². The lowest BCUT2D eigenvalue weighted by atomic mass is 10.1. The van der Waals surface area contributed by atoms with Crippen molar-refractivity contribution in [1.82, 2.24) is 29.5 Å². The van der Waals surface area contributed by atoms with Crippen LogP contribution in [-0.4, -0.2) is 33.2 Å². The van der Waals surface area contributed by atoms with Gasteiger partial charge in [-0.3, -0.25) is 0 Å². The van der Waals surface area contributed by atoms with Crippen LogP contribution in [0.25, 0.3) is 0 Å². The molecule has 0 fully saturated rings. The van der Waals surface area contributed by atoms with E-state index in [1.165, 1.54) is 12.5 Å². The fourth-order valence-electron chi connectivity index (χ4n) is 2.20. The summed E-state index contributed by atoms with van der Waals surface area (Å²) in [6.45, 7) is 1.81. The number of rotatable bonds is 5. The van der Waals surface area contributed by atoms with Crippen molar-refractivity contribution in [3.63, 3.8) is 0 Å². The van der Waals surface area contributed by atoms with Crippen LogP contribution in [-0.2, 0) is 17.1 Å². The zero-order chi connectivity index (χ0) is 16.4. The quantitative estimate of drug-likeness (QED) is 0.722. The molecule has 2 heterocycles. The van der Waals surface area contributed by atoms with E-state index in [9.17, 15) is 8.42 Å². The molecule has 8 nitrogen and oxygen atoms in total. The maximum absolute atomic E-state index is 12.5. The lowest BCUT2D eigenvalue weighted by Crippen LogP contribution is -2.31. The Morgan fingerprint density at radius 2 is 1.96 bits per heavy atom. The van der Waals surface area contributed by atoms with Gasteiger partial charge >= 0.3 is 0 Å². The topological polar surface area (TPSA) is 106 Å². The first-order chi connectivity index (χ1) is 11.0. The molecular formula is C14H16N6O2S. The minimum Gasteiger partial charge on any atom is -0.335 e. The molecule has 0 saturated carbocycles. The van der Waals surface area contributed by atoms with Crippen molar-refractivity contribution in [3.05, 3.63) is 60.1 Å². The highest BCUT2D eigenvalue weighted by Gasteiger charge is 2.27. The highest BCUT2D eigenvalue weighted by Crippen LogP contribution is 2.22. The second-order valence-electron chi connectivity index (χ2n) is 5.05. The van der Waals surface area contributed by atoms with Gasteiger partial charge in [0.2, 0.25) is 0 Å². The minimum absolute atomic E-state index is 0.00248. The largest absolute Gasteiger partial charge is 0.335 e. The summed E-state index contributed by atoms with van der Waals surface area (Å²) in [4.78, 5) is 6.36. The van der Waals surface area contributed by atoms with E-state index in [0.717, 1.165) is 5.56 Å². The summed E-state index contributed by atoms with van der Waals surface area (Å²) >= 11 is 0. The molecule has 0 aliphatic rings. The summed E-state index contributed by atoms with van der Waals surface area (Å²) in [6, 6.07) is 8.57. The van der Waals surface area contributed by atoms with Crippen LogP contribution in [0, 0.1) is 6.92 Å². The number of sulfonamides is 1. The zero-order valence-corrected chi connectivity index (χ0v) is 13.4. The SMILES string of the molecule is Cc1nnc([C@H](NS(=O)(=O)c2cnc[nH]2)c2ccccc2)n1C. The fourth-order valence-corrected chi connectivity index (χ4v) is 3.29. The van der Waals surface area contributed by atoms with Crippen molar-refractivity contribution >= 4 is 10.0 Å². The molecule has 2 aromatic heterocycles. The first-order valence-corrected chi connectivity index (χ1v) is 8.39. The number of hydrogen-bond donors (Lipinski definition) is 2. The number of H-pyrrole nitrogens is 1.